The molecule has 0 heterocycles. The summed E-state index contributed by atoms with van der Waals surface area (Å²) in [6.45, 7) is 0. The Morgan fingerprint density at radius 2 is 1.50 bits per heavy atom. The highest BCUT2D eigenvalue weighted by atomic mass is 79.9. The van der Waals surface area contributed by atoms with E-state index in [1.165, 1.54) is 21.5 Å². The molecule has 0 aliphatic rings. The number of hydrogen-bond donors (Lipinski definition) is 0. The lowest BCUT2D eigenvalue weighted by Crippen LogP contribution is -1.96. The number of ether oxygens (including phenoxy) is 2. The van der Waals surface area contributed by atoms with Crippen LogP contribution in [0.5, 0.6) is 11.5 Å². The van der Waals surface area contributed by atoms with Crippen molar-refractivity contribution in [3.63, 3.8) is 0 Å². The smallest absolute Gasteiger partial charge is 0.170 e. The minimum Gasteiger partial charge on any atom is -0.492 e. The first kappa shape index (κ1) is 14.1. The van der Waals surface area contributed by atoms with Gasteiger partial charge >= 0.3 is 0 Å². The van der Waals surface area contributed by atoms with Crippen LogP contribution < -0.4 is 9.47 Å². The molecule has 0 aliphatic heterocycles. The predicted molar refractivity (Wildman–Crippen MR) is 98.7 cm³/mol. The molecule has 0 spiro atoms. The van der Waals surface area contributed by atoms with Crippen molar-refractivity contribution in [2.24, 2.45) is 0 Å². The third-order valence-corrected chi connectivity index (χ3v) is 6.11. The molecule has 4 aromatic rings. The summed E-state index contributed by atoms with van der Waals surface area (Å²) in [7, 11) is 3.37. The molecule has 0 unspecified atom stereocenters. The van der Waals surface area contributed by atoms with Crippen molar-refractivity contribution in [3.8, 4) is 11.5 Å². The van der Waals surface area contributed by atoms with Crippen molar-refractivity contribution < 1.29 is 9.47 Å². The van der Waals surface area contributed by atoms with Crippen LogP contribution in [0.2, 0.25) is 0 Å². The fraction of sp³-hybridized carbons (Fsp3) is 0.111. The minimum absolute atomic E-state index is 0.756. The van der Waals surface area contributed by atoms with Gasteiger partial charge in [0.05, 0.1) is 14.2 Å². The molecule has 0 saturated heterocycles. The summed E-state index contributed by atoms with van der Waals surface area (Å²) in [5.74, 6) is 1.53. The largest absolute Gasteiger partial charge is 0.492 e. The number of halogens is 2. The highest BCUT2D eigenvalue weighted by Gasteiger charge is 2.21. The second-order valence-corrected chi connectivity index (χ2v) is 6.83. The molecule has 2 nitrogen and oxygen atoms in total. The minimum atomic E-state index is 0.756. The van der Waals surface area contributed by atoms with Gasteiger partial charge in [-0.05, 0) is 48.7 Å². The number of rotatable bonds is 2. The predicted octanol–water partition coefficient (Wildman–Crippen LogP) is 6.13. The van der Waals surface area contributed by atoms with Crippen molar-refractivity contribution in [1.82, 2.24) is 0 Å². The standard InChI is InChI=1S/C18H12Br2O2/c1-21-17-11-5-3-4-9-6-7-10-8-12(19)16(20)15(18(17)22-2)14(10)13(9)11/h3-8H,1-2H3. The summed E-state index contributed by atoms with van der Waals surface area (Å²) in [6.07, 6.45) is 0. The molecule has 110 valence electrons. The second kappa shape index (κ2) is 5.00. The third kappa shape index (κ3) is 1.71. The van der Waals surface area contributed by atoms with Crippen LogP contribution in [0.25, 0.3) is 32.3 Å². The third-order valence-electron chi connectivity index (χ3n) is 4.13. The van der Waals surface area contributed by atoms with Crippen molar-refractivity contribution in [2.45, 2.75) is 0 Å². The van der Waals surface area contributed by atoms with Crippen LogP contribution in [0.3, 0.4) is 0 Å². The molecule has 0 amide bonds. The molecule has 0 aromatic heterocycles. The second-order valence-electron chi connectivity index (χ2n) is 5.18. The topological polar surface area (TPSA) is 18.5 Å². The van der Waals surface area contributed by atoms with Crippen LogP contribution in [-0.2, 0) is 0 Å². The quantitative estimate of drug-likeness (QED) is 0.364. The van der Waals surface area contributed by atoms with Gasteiger partial charge in [0.25, 0.3) is 0 Å². The van der Waals surface area contributed by atoms with Gasteiger partial charge < -0.3 is 9.47 Å². The van der Waals surface area contributed by atoms with Gasteiger partial charge in [0.2, 0.25) is 0 Å². The van der Waals surface area contributed by atoms with Crippen molar-refractivity contribution in [3.05, 3.63) is 45.3 Å². The Morgan fingerprint density at radius 1 is 0.773 bits per heavy atom. The molecule has 0 radical (unpaired) electrons. The van der Waals surface area contributed by atoms with Gasteiger partial charge in [-0.3, -0.25) is 0 Å². The maximum absolute atomic E-state index is 5.71. The van der Waals surface area contributed by atoms with Gasteiger partial charge in [-0.15, -0.1) is 0 Å². The highest BCUT2D eigenvalue weighted by Crippen LogP contribution is 2.50. The van der Waals surface area contributed by atoms with Crippen LogP contribution in [0.1, 0.15) is 0 Å². The van der Waals surface area contributed by atoms with E-state index >= 15 is 0 Å². The van der Waals surface area contributed by atoms with Gasteiger partial charge in [0.15, 0.2) is 11.5 Å². The molecule has 0 atom stereocenters. The number of hydrogen-bond acceptors (Lipinski definition) is 2. The monoisotopic (exact) mass is 418 g/mol. The number of methoxy groups -OCH3 is 2. The summed E-state index contributed by atoms with van der Waals surface area (Å²) in [5.41, 5.74) is 0. The van der Waals surface area contributed by atoms with E-state index in [2.05, 4.69) is 68.3 Å². The van der Waals surface area contributed by atoms with E-state index in [1.807, 2.05) is 0 Å². The maximum atomic E-state index is 5.71. The Labute approximate surface area is 144 Å². The zero-order chi connectivity index (χ0) is 15.4. The van der Waals surface area contributed by atoms with Crippen molar-refractivity contribution in [1.29, 1.82) is 0 Å². The summed E-state index contributed by atoms with van der Waals surface area (Å²) in [5, 5.41) is 6.89. The Kier molecular flexibility index (Phi) is 3.20. The fourth-order valence-electron chi connectivity index (χ4n) is 3.25. The first-order valence-corrected chi connectivity index (χ1v) is 8.42. The molecule has 0 fully saturated rings. The van der Waals surface area contributed by atoms with Gasteiger partial charge in [-0.1, -0.05) is 30.3 Å². The lowest BCUT2D eigenvalue weighted by molar-refractivity contribution is 0.362. The van der Waals surface area contributed by atoms with Gasteiger partial charge in [0.1, 0.15) is 0 Å². The molecule has 0 aliphatic carbocycles. The van der Waals surface area contributed by atoms with E-state index in [1.54, 1.807) is 14.2 Å². The summed E-state index contributed by atoms with van der Waals surface area (Å²) >= 11 is 7.32. The van der Waals surface area contributed by atoms with Crippen LogP contribution in [-0.4, -0.2) is 14.2 Å². The molecule has 0 bridgehead atoms. The first-order valence-electron chi connectivity index (χ1n) is 6.83. The normalized spacial score (nSPS) is 11.6. The summed E-state index contributed by atoms with van der Waals surface area (Å²) < 4.78 is 13.4. The highest BCUT2D eigenvalue weighted by molar-refractivity contribution is 9.13. The maximum Gasteiger partial charge on any atom is 0.170 e. The average Bonchev–Trinajstić information content (AvgIpc) is 2.54. The van der Waals surface area contributed by atoms with Crippen molar-refractivity contribution >= 4 is 64.2 Å². The molecule has 4 aromatic carbocycles. The zero-order valence-electron chi connectivity index (χ0n) is 12.0. The Morgan fingerprint density at radius 3 is 2.23 bits per heavy atom. The van der Waals surface area contributed by atoms with Crippen LogP contribution in [0.15, 0.2) is 45.3 Å². The lowest BCUT2D eigenvalue weighted by Gasteiger charge is -2.19. The number of benzene rings is 4. The first-order chi connectivity index (χ1) is 10.7. The van der Waals surface area contributed by atoms with E-state index in [9.17, 15) is 0 Å². The van der Waals surface area contributed by atoms with Crippen LogP contribution in [0, 0.1) is 0 Å². The Bertz CT molecular complexity index is 1020. The fourth-order valence-corrected chi connectivity index (χ4v) is 4.19. The van der Waals surface area contributed by atoms with E-state index in [0.717, 1.165) is 31.2 Å². The van der Waals surface area contributed by atoms with Crippen molar-refractivity contribution in [2.75, 3.05) is 14.2 Å². The van der Waals surface area contributed by atoms with E-state index in [0.29, 0.717) is 0 Å². The van der Waals surface area contributed by atoms with E-state index < -0.39 is 0 Å². The molecular formula is C18H12Br2O2. The summed E-state index contributed by atoms with van der Waals surface area (Å²) in [4.78, 5) is 0. The Balaban J connectivity index is 2.46. The molecule has 22 heavy (non-hydrogen) atoms. The van der Waals surface area contributed by atoms with Crippen LogP contribution in [0.4, 0.5) is 0 Å². The van der Waals surface area contributed by atoms with E-state index in [-0.39, 0.29) is 0 Å². The molecular weight excluding hydrogens is 408 g/mol. The molecule has 0 saturated carbocycles. The molecule has 0 N–H and O–H groups in total. The van der Waals surface area contributed by atoms with Crippen LogP contribution >= 0.6 is 31.9 Å². The lowest BCUT2D eigenvalue weighted by atomic mass is 9.93. The zero-order valence-corrected chi connectivity index (χ0v) is 15.2. The van der Waals surface area contributed by atoms with Gasteiger partial charge in [-0.2, -0.15) is 0 Å². The molecule has 4 rings (SSSR count). The average molecular weight is 420 g/mol. The molecule has 4 heteroatoms. The summed E-state index contributed by atoms with van der Waals surface area (Å²) in [6, 6.07) is 12.7. The SMILES string of the molecule is COc1c(OC)c2c(Br)c(Br)cc3ccc4cccc1c4c32. The van der Waals surface area contributed by atoms with Gasteiger partial charge in [-0.25, -0.2) is 0 Å². The Hall–Kier alpha value is -1.52. The van der Waals surface area contributed by atoms with Gasteiger partial charge in [0, 0.05) is 30.5 Å². The van der Waals surface area contributed by atoms with E-state index in [4.69, 9.17) is 9.47 Å².